The molecular weight excluding hydrogens is 207 g/mol. The molecule has 7 heteroatoms. The minimum absolute atomic E-state index is 0. The van der Waals surface area contributed by atoms with Crippen LogP contribution in [0.2, 0.25) is 0 Å². The van der Waals surface area contributed by atoms with Gasteiger partial charge in [-0.2, -0.15) is 8.42 Å². The van der Waals surface area contributed by atoms with Crippen LogP contribution < -0.4 is 29.6 Å². The number of carbonyl (C=O) groups is 1. The van der Waals surface area contributed by atoms with Gasteiger partial charge in [-0.15, -0.1) is 0 Å². The Morgan fingerprint density at radius 1 is 1.62 bits per heavy atom. The number of hydrogen-bond donors (Lipinski definition) is 2. The molecule has 0 saturated carbocycles. The number of rotatable bonds is 4. The first-order valence-corrected chi connectivity index (χ1v) is 4.63. The molecule has 0 aliphatic heterocycles. The summed E-state index contributed by atoms with van der Waals surface area (Å²) in [6.07, 6.45) is -0.270. The first-order chi connectivity index (χ1) is 5.25. The van der Waals surface area contributed by atoms with Crippen LogP contribution in [0.4, 0.5) is 0 Å². The van der Waals surface area contributed by atoms with Crippen LogP contribution in [0.3, 0.4) is 0 Å². The van der Waals surface area contributed by atoms with E-state index in [1.807, 2.05) is 0 Å². The summed E-state index contributed by atoms with van der Waals surface area (Å²) in [5.41, 5.74) is -0.236. The van der Waals surface area contributed by atoms with Gasteiger partial charge in [0.25, 0.3) is 10.1 Å². The van der Waals surface area contributed by atoms with E-state index in [0.717, 1.165) is 0 Å². The summed E-state index contributed by atoms with van der Waals surface area (Å²) in [7, 11) is -4.16. The van der Waals surface area contributed by atoms with Gasteiger partial charge < -0.3 is 6.53 Å². The Morgan fingerprint density at radius 2 is 2.00 bits per heavy atom. The quantitative estimate of drug-likeness (QED) is 0.307. The fourth-order valence-electron chi connectivity index (χ4n) is 0.540. The molecule has 13 heavy (non-hydrogen) atoms. The molecule has 0 radical (unpaired) electrons. The van der Waals surface area contributed by atoms with E-state index in [2.05, 4.69) is 6.58 Å². The molecule has 0 aliphatic carbocycles. The van der Waals surface area contributed by atoms with Gasteiger partial charge in [0, 0.05) is 5.57 Å². The molecule has 0 amide bonds. The maximum Gasteiger partial charge on any atom is 1.00 e. The van der Waals surface area contributed by atoms with Crippen molar-refractivity contribution >= 4 is 16.1 Å². The molecule has 0 spiro atoms. The predicted molar refractivity (Wildman–Crippen MR) is 43.5 cm³/mol. The van der Waals surface area contributed by atoms with Crippen molar-refractivity contribution in [2.45, 2.75) is 18.6 Å². The summed E-state index contributed by atoms with van der Waals surface area (Å²) in [6, 6.07) is 0. The standard InChI is InChI=1S/C6H10O5S.Na.H/c1-4(6(7)8)3-5(2)12(9,10)11;;/h5H,1,3H2,2H3,(H,7,8)(H,9,10,11);;/q;+1;-1. The van der Waals surface area contributed by atoms with Gasteiger partial charge in [0.15, 0.2) is 0 Å². The fraction of sp³-hybridized carbons (Fsp3) is 0.500. The molecule has 1 unspecified atom stereocenters. The molecule has 0 aliphatic rings. The third kappa shape index (κ3) is 6.23. The first kappa shape index (κ1) is 15.6. The van der Waals surface area contributed by atoms with Crippen molar-refractivity contribution in [2.75, 3.05) is 0 Å². The molecule has 0 fully saturated rings. The van der Waals surface area contributed by atoms with E-state index in [-0.39, 0.29) is 43.0 Å². The molecule has 0 aromatic rings. The second-order valence-corrected chi connectivity index (χ2v) is 4.27. The van der Waals surface area contributed by atoms with Gasteiger partial charge in [-0.3, -0.25) is 4.55 Å². The van der Waals surface area contributed by atoms with Crippen LogP contribution in [0.25, 0.3) is 0 Å². The van der Waals surface area contributed by atoms with Gasteiger partial charge in [0.05, 0.1) is 5.25 Å². The Morgan fingerprint density at radius 3 is 2.23 bits per heavy atom. The summed E-state index contributed by atoms with van der Waals surface area (Å²) in [5, 5.41) is 7.20. The van der Waals surface area contributed by atoms with E-state index in [1.165, 1.54) is 6.92 Å². The smallest absolute Gasteiger partial charge is 1.00 e. The normalized spacial score (nSPS) is 12.8. The first-order valence-electron chi connectivity index (χ1n) is 3.12. The van der Waals surface area contributed by atoms with Gasteiger partial charge in [-0.25, -0.2) is 4.79 Å². The summed E-state index contributed by atoms with van der Waals surface area (Å²) < 4.78 is 29.3. The summed E-state index contributed by atoms with van der Waals surface area (Å²) in [5.74, 6) is -1.26. The van der Waals surface area contributed by atoms with Crippen LogP contribution in [-0.4, -0.2) is 29.3 Å². The zero-order valence-corrected chi connectivity index (χ0v) is 10.3. The molecule has 0 bridgehead atoms. The van der Waals surface area contributed by atoms with Crippen molar-refractivity contribution in [3.05, 3.63) is 12.2 Å². The summed E-state index contributed by atoms with van der Waals surface area (Å²) in [4.78, 5) is 10.2. The van der Waals surface area contributed by atoms with Gasteiger partial charge in [0.2, 0.25) is 0 Å². The molecular formula is C6H11NaO5S. The average Bonchev–Trinajstić information content (AvgIpc) is 1.85. The Hall–Kier alpha value is 0.120. The maximum atomic E-state index is 10.4. The van der Waals surface area contributed by atoms with E-state index < -0.39 is 21.3 Å². The van der Waals surface area contributed by atoms with Crippen molar-refractivity contribution in [3.8, 4) is 0 Å². The van der Waals surface area contributed by atoms with Crippen LogP contribution in [0.15, 0.2) is 12.2 Å². The van der Waals surface area contributed by atoms with Crippen LogP contribution in [0, 0.1) is 0 Å². The summed E-state index contributed by atoms with van der Waals surface area (Å²) >= 11 is 0. The number of aliphatic carboxylic acids is 1. The van der Waals surface area contributed by atoms with Crippen molar-refractivity contribution < 1.29 is 53.9 Å². The number of hydrogen-bond acceptors (Lipinski definition) is 3. The second-order valence-electron chi connectivity index (χ2n) is 2.44. The molecule has 5 nitrogen and oxygen atoms in total. The third-order valence-electron chi connectivity index (χ3n) is 1.34. The van der Waals surface area contributed by atoms with E-state index >= 15 is 0 Å². The SMILES string of the molecule is C=C(CC(C)S(=O)(=O)O)C(=O)O.[H-].[Na+]. The van der Waals surface area contributed by atoms with Crippen LogP contribution in [-0.2, 0) is 14.9 Å². The van der Waals surface area contributed by atoms with Crippen LogP contribution in [0.1, 0.15) is 14.8 Å². The van der Waals surface area contributed by atoms with Crippen LogP contribution >= 0.6 is 0 Å². The second kappa shape index (κ2) is 5.77. The monoisotopic (exact) mass is 218 g/mol. The van der Waals surface area contributed by atoms with Crippen LogP contribution in [0.5, 0.6) is 0 Å². The van der Waals surface area contributed by atoms with Crippen molar-refractivity contribution in [1.82, 2.24) is 0 Å². The topological polar surface area (TPSA) is 91.7 Å². The van der Waals surface area contributed by atoms with Gasteiger partial charge in [-0.05, 0) is 13.3 Å². The minimum atomic E-state index is -4.16. The van der Waals surface area contributed by atoms with Gasteiger partial charge in [-0.1, -0.05) is 6.58 Å². The molecule has 0 rings (SSSR count). The Bertz CT molecular complexity index is 299. The number of carboxylic acids is 1. The molecule has 0 aromatic carbocycles. The molecule has 1 atom stereocenters. The van der Waals surface area contributed by atoms with E-state index in [1.54, 1.807) is 0 Å². The molecule has 2 N–H and O–H groups in total. The molecule has 0 aromatic heterocycles. The zero-order chi connectivity index (χ0) is 9.94. The fourth-order valence-corrected chi connectivity index (χ4v) is 0.951. The molecule has 0 saturated heterocycles. The Balaban J connectivity index is -0.000000605. The third-order valence-corrected chi connectivity index (χ3v) is 2.53. The molecule has 0 heterocycles. The zero-order valence-electron chi connectivity index (χ0n) is 8.52. The largest absolute Gasteiger partial charge is 1.00 e. The van der Waals surface area contributed by atoms with E-state index in [4.69, 9.17) is 9.66 Å². The van der Waals surface area contributed by atoms with Crippen molar-refractivity contribution in [1.29, 1.82) is 0 Å². The van der Waals surface area contributed by atoms with Crippen molar-refractivity contribution in [3.63, 3.8) is 0 Å². The van der Waals surface area contributed by atoms with E-state index in [0.29, 0.717) is 0 Å². The molecule has 72 valence electrons. The summed E-state index contributed by atoms with van der Waals surface area (Å²) in [6.45, 7) is 4.34. The van der Waals surface area contributed by atoms with E-state index in [9.17, 15) is 13.2 Å². The Kier molecular flexibility index (Phi) is 6.91. The minimum Gasteiger partial charge on any atom is -1.00 e. The maximum absolute atomic E-state index is 10.4. The Labute approximate surface area is 100 Å². The number of carboxylic acid groups (broad SMARTS) is 1. The van der Waals surface area contributed by atoms with Crippen molar-refractivity contribution in [2.24, 2.45) is 0 Å². The van der Waals surface area contributed by atoms with Gasteiger partial charge in [0.1, 0.15) is 0 Å². The average molecular weight is 218 g/mol. The van der Waals surface area contributed by atoms with Gasteiger partial charge >= 0.3 is 35.5 Å². The predicted octanol–water partition coefficient (Wildman–Crippen LogP) is -2.59.